The van der Waals surface area contributed by atoms with Gasteiger partial charge in [0, 0.05) is 24.5 Å². The minimum absolute atomic E-state index is 0.148. The fourth-order valence-electron chi connectivity index (χ4n) is 2.54. The van der Waals surface area contributed by atoms with Crippen molar-refractivity contribution in [1.29, 1.82) is 0 Å². The molecule has 0 spiro atoms. The van der Waals surface area contributed by atoms with E-state index in [4.69, 9.17) is 16.3 Å². The first kappa shape index (κ1) is 17.2. The number of hydrogen-bond donors (Lipinski definition) is 2. The van der Waals surface area contributed by atoms with Crippen molar-refractivity contribution in [2.75, 3.05) is 12.4 Å². The monoisotopic (exact) mass is 359 g/mol. The van der Waals surface area contributed by atoms with Crippen molar-refractivity contribution in [1.82, 2.24) is 19.7 Å². The van der Waals surface area contributed by atoms with Crippen LogP contribution in [0.3, 0.4) is 0 Å². The highest BCUT2D eigenvalue weighted by Gasteiger charge is 2.18. The lowest BCUT2D eigenvalue weighted by atomic mass is 10.0. The maximum absolute atomic E-state index is 12.4. The second kappa shape index (κ2) is 7.96. The molecule has 0 radical (unpaired) electrons. The molecule has 0 fully saturated rings. The Morgan fingerprint density at radius 2 is 2.04 bits per heavy atom. The molecule has 0 bridgehead atoms. The summed E-state index contributed by atoms with van der Waals surface area (Å²) in [6.07, 6.45) is 4.09. The van der Waals surface area contributed by atoms with Gasteiger partial charge in [-0.2, -0.15) is 4.98 Å². The molecule has 0 aliphatic heterocycles. The third-order valence-corrected chi connectivity index (χ3v) is 3.94. The number of H-pyrrole nitrogens is 1. The summed E-state index contributed by atoms with van der Waals surface area (Å²) in [5, 5.41) is 10.0. The van der Waals surface area contributed by atoms with Gasteiger partial charge < -0.3 is 9.30 Å². The minimum Gasteiger partial charge on any atom is -0.377 e. The molecule has 130 valence electrons. The van der Waals surface area contributed by atoms with Gasteiger partial charge in [0.15, 0.2) is 5.82 Å². The molecule has 0 saturated heterocycles. The topological polar surface area (TPSA) is 84.8 Å². The summed E-state index contributed by atoms with van der Waals surface area (Å²) in [7, 11) is 1.56. The Kier molecular flexibility index (Phi) is 5.47. The predicted octanol–water partition coefficient (Wildman–Crippen LogP) is 3.02. The Morgan fingerprint density at radius 3 is 2.72 bits per heavy atom. The first-order chi connectivity index (χ1) is 12.2. The summed E-state index contributed by atoms with van der Waals surface area (Å²) in [4.78, 5) is 16.6. The Balaban J connectivity index is 1.73. The molecular weight excluding hydrogens is 342 g/mol. The van der Waals surface area contributed by atoms with E-state index in [1.807, 2.05) is 53.4 Å². The number of rotatable bonds is 7. The highest BCUT2D eigenvalue weighted by molar-refractivity contribution is 6.30. The van der Waals surface area contributed by atoms with Gasteiger partial charge in [-0.25, -0.2) is 0 Å². The van der Waals surface area contributed by atoms with E-state index >= 15 is 0 Å². The van der Waals surface area contributed by atoms with Crippen molar-refractivity contribution in [3.63, 3.8) is 0 Å². The quantitative estimate of drug-likeness (QED) is 0.679. The van der Waals surface area contributed by atoms with Crippen LogP contribution in [0.1, 0.15) is 23.9 Å². The Hall–Kier alpha value is -2.64. The van der Waals surface area contributed by atoms with Gasteiger partial charge in [-0.3, -0.25) is 15.2 Å². The van der Waals surface area contributed by atoms with Gasteiger partial charge in [0.05, 0.1) is 12.5 Å². The van der Waals surface area contributed by atoms with Crippen LogP contribution in [0.15, 0.2) is 48.8 Å². The standard InChI is InChI=1S/C17H18ClN5O2/c1-25-11-15-19-17(22-21-15)20-16(24)10-14(23-8-2-3-9-23)12-4-6-13(18)7-5-12/h2-9,14H,10-11H2,1H3,(H2,19,20,21,22,24)/t14-/m1/s1. The van der Waals surface area contributed by atoms with Gasteiger partial charge in [-0.05, 0) is 29.8 Å². The molecule has 0 unspecified atom stereocenters. The second-order valence-electron chi connectivity index (χ2n) is 5.49. The number of carbonyl (C=O) groups excluding carboxylic acids is 1. The fourth-order valence-corrected chi connectivity index (χ4v) is 2.67. The van der Waals surface area contributed by atoms with Crippen LogP contribution in [0.4, 0.5) is 5.95 Å². The van der Waals surface area contributed by atoms with Gasteiger partial charge in [0.1, 0.15) is 6.61 Å². The largest absolute Gasteiger partial charge is 0.377 e. The molecule has 0 aliphatic rings. The molecule has 1 aromatic carbocycles. The van der Waals surface area contributed by atoms with E-state index in [0.717, 1.165) is 5.56 Å². The van der Waals surface area contributed by atoms with Crippen LogP contribution in [0.25, 0.3) is 0 Å². The van der Waals surface area contributed by atoms with Crippen LogP contribution in [-0.4, -0.2) is 32.8 Å². The maximum atomic E-state index is 12.4. The van der Waals surface area contributed by atoms with Crippen LogP contribution in [0.2, 0.25) is 5.02 Å². The lowest BCUT2D eigenvalue weighted by molar-refractivity contribution is -0.116. The Bertz CT molecular complexity index is 814. The molecule has 25 heavy (non-hydrogen) atoms. The summed E-state index contributed by atoms with van der Waals surface area (Å²) in [5.74, 6) is 0.605. The van der Waals surface area contributed by atoms with Gasteiger partial charge in [-0.15, -0.1) is 5.10 Å². The van der Waals surface area contributed by atoms with Gasteiger partial charge in [0.2, 0.25) is 11.9 Å². The zero-order valence-corrected chi connectivity index (χ0v) is 14.4. The van der Waals surface area contributed by atoms with Gasteiger partial charge >= 0.3 is 0 Å². The number of nitrogens with zero attached hydrogens (tertiary/aromatic N) is 3. The first-order valence-corrected chi connectivity index (χ1v) is 8.11. The molecule has 8 heteroatoms. The number of halogens is 1. The number of carbonyl (C=O) groups is 1. The summed E-state index contributed by atoms with van der Waals surface area (Å²) >= 11 is 5.97. The molecule has 3 rings (SSSR count). The average molecular weight is 360 g/mol. The van der Waals surface area contributed by atoms with Gasteiger partial charge in [0.25, 0.3) is 0 Å². The fraction of sp³-hybridized carbons (Fsp3) is 0.235. The summed E-state index contributed by atoms with van der Waals surface area (Å²) < 4.78 is 6.95. The number of aromatic amines is 1. The molecule has 0 saturated carbocycles. The molecule has 1 amide bonds. The smallest absolute Gasteiger partial charge is 0.248 e. The van der Waals surface area contributed by atoms with Crippen LogP contribution < -0.4 is 5.32 Å². The maximum Gasteiger partial charge on any atom is 0.248 e. The van der Waals surface area contributed by atoms with E-state index in [9.17, 15) is 4.79 Å². The van der Waals surface area contributed by atoms with Crippen LogP contribution in [0, 0.1) is 0 Å². The van der Waals surface area contributed by atoms with Gasteiger partial charge in [-0.1, -0.05) is 23.7 Å². The van der Waals surface area contributed by atoms with E-state index in [2.05, 4.69) is 20.5 Å². The minimum atomic E-state index is -0.184. The molecular formula is C17H18ClN5O2. The highest BCUT2D eigenvalue weighted by atomic mass is 35.5. The third kappa shape index (κ3) is 4.46. The zero-order valence-electron chi connectivity index (χ0n) is 13.6. The lowest BCUT2D eigenvalue weighted by Gasteiger charge is -2.19. The molecule has 2 aromatic heterocycles. The van der Waals surface area contributed by atoms with Crippen molar-refractivity contribution in [2.45, 2.75) is 19.1 Å². The number of hydrogen-bond acceptors (Lipinski definition) is 4. The third-order valence-electron chi connectivity index (χ3n) is 3.68. The number of nitrogens with one attached hydrogen (secondary N) is 2. The van der Waals surface area contributed by atoms with Crippen LogP contribution >= 0.6 is 11.6 Å². The first-order valence-electron chi connectivity index (χ1n) is 7.73. The molecule has 1 atom stereocenters. The second-order valence-corrected chi connectivity index (χ2v) is 5.93. The number of anilines is 1. The van der Waals surface area contributed by atoms with E-state index in [1.54, 1.807) is 7.11 Å². The summed E-state index contributed by atoms with van der Waals surface area (Å²) in [6, 6.07) is 11.2. The number of aromatic nitrogens is 4. The zero-order chi connectivity index (χ0) is 17.6. The van der Waals surface area contributed by atoms with Crippen LogP contribution in [0.5, 0.6) is 0 Å². The molecule has 2 N–H and O–H groups in total. The summed E-state index contributed by atoms with van der Waals surface area (Å²) in [6.45, 7) is 0.305. The molecule has 0 aliphatic carbocycles. The predicted molar refractivity (Wildman–Crippen MR) is 94.4 cm³/mol. The normalized spacial score (nSPS) is 12.1. The van der Waals surface area contributed by atoms with Crippen molar-refractivity contribution in [2.24, 2.45) is 0 Å². The van der Waals surface area contributed by atoms with Crippen LogP contribution in [-0.2, 0) is 16.1 Å². The average Bonchev–Trinajstić information content (AvgIpc) is 3.26. The number of amides is 1. The molecule has 2 heterocycles. The Labute approximate surface area is 150 Å². The van der Waals surface area contributed by atoms with Crippen molar-refractivity contribution < 1.29 is 9.53 Å². The van der Waals surface area contributed by atoms with Crippen molar-refractivity contribution >= 4 is 23.5 Å². The SMILES string of the molecule is COCc1nc(NC(=O)C[C@H](c2ccc(Cl)cc2)n2cccc2)n[nH]1. The molecule has 7 nitrogen and oxygen atoms in total. The number of ether oxygens (including phenoxy) is 1. The Morgan fingerprint density at radius 1 is 1.32 bits per heavy atom. The van der Waals surface area contributed by atoms with E-state index < -0.39 is 0 Å². The highest BCUT2D eigenvalue weighted by Crippen LogP contribution is 2.24. The summed E-state index contributed by atoms with van der Waals surface area (Å²) in [5.41, 5.74) is 0.991. The van der Waals surface area contributed by atoms with E-state index in [-0.39, 0.29) is 24.3 Å². The van der Waals surface area contributed by atoms with E-state index in [0.29, 0.717) is 17.5 Å². The lowest BCUT2D eigenvalue weighted by Crippen LogP contribution is -2.20. The van der Waals surface area contributed by atoms with E-state index in [1.165, 1.54) is 0 Å². The van der Waals surface area contributed by atoms with Crippen molar-refractivity contribution in [3.8, 4) is 0 Å². The van der Waals surface area contributed by atoms with Crippen molar-refractivity contribution in [3.05, 3.63) is 65.2 Å². The number of benzene rings is 1. The number of methoxy groups -OCH3 is 1. The molecule has 3 aromatic rings.